The van der Waals surface area contributed by atoms with E-state index in [9.17, 15) is 19.5 Å². The molecule has 2 saturated carbocycles. The summed E-state index contributed by atoms with van der Waals surface area (Å²) in [5, 5.41) is 17.4. The number of ether oxygens (including phenoxy) is 6. The van der Waals surface area contributed by atoms with E-state index < -0.39 is 35.1 Å². The summed E-state index contributed by atoms with van der Waals surface area (Å²) in [4.78, 5) is 78.3. The van der Waals surface area contributed by atoms with E-state index in [4.69, 9.17) is 64.3 Å². The first-order valence-corrected chi connectivity index (χ1v) is 50.5. The predicted octanol–water partition coefficient (Wildman–Crippen LogP) is 23.4. The zero-order valence-corrected chi connectivity index (χ0v) is 86.0. The van der Waals surface area contributed by atoms with Gasteiger partial charge in [-0.2, -0.15) is 0 Å². The normalized spacial score (nSPS) is 19.6. The smallest absolute Gasteiger partial charge is 0.490 e. The summed E-state index contributed by atoms with van der Waals surface area (Å²) in [6.45, 7) is 34.8. The Balaban J connectivity index is 0.000000123. The zero-order chi connectivity index (χ0) is 96.3. The number of aliphatic hydroxyl groups excluding tert-OH is 1. The second-order valence-electron chi connectivity index (χ2n) is 40.6. The maximum atomic E-state index is 12.3. The predicted molar refractivity (Wildman–Crippen MR) is 544 cm³/mol. The number of amides is 3. The fourth-order valence-corrected chi connectivity index (χ4v) is 20.5. The van der Waals surface area contributed by atoms with Crippen molar-refractivity contribution >= 4 is 134 Å². The minimum Gasteiger partial charge on any atom is -0.490 e. The molecule has 136 heavy (non-hydrogen) atoms. The molecule has 21 rings (SSSR count). The molecular formula is C105H125BBr3ClN14O12. The molecule has 12 aromatic rings. The first-order chi connectivity index (χ1) is 64.8. The van der Waals surface area contributed by atoms with Gasteiger partial charge in [0, 0.05) is 161 Å². The molecule has 3 amide bonds. The van der Waals surface area contributed by atoms with Crippen LogP contribution in [0, 0.1) is 13.8 Å². The van der Waals surface area contributed by atoms with Crippen LogP contribution in [0.15, 0.2) is 172 Å². The molecule has 4 atom stereocenters. The number of nitrogens with zero attached hydrogens (tertiary/aromatic N) is 13. The number of imidazole rings is 2. The molecule has 0 radical (unpaired) electrons. The van der Waals surface area contributed by atoms with Crippen molar-refractivity contribution in [1.29, 1.82) is 0 Å². The van der Waals surface area contributed by atoms with Gasteiger partial charge in [0.25, 0.3) is 0 Å². The van der Waals surface area contributed by atoms with Gasteiger partial charge in [0.2, 0.25) is 0 Å². The van der Waals surface area contributed by atoms with Gasteiger partial charge in [0.15, 0.2) is 0 Å². The number of hydrogen-bond acceptors (Lipinski definition) is 21. The van der Waals surface area contributed by atoms with Crippen molar-refractivity contribution in [3.8, 4) is 51.3 Å². The number of halogens is 4. The highest BCUT2D eigenvalue weighted by Crippen LogP contribution is 2.54. The Morgan fingerprint density at radius 3 is 1.32 bits per heavy atom. The average Bonchev–Trinajstić information content (AvgIpc) is 1.58. The number of benzene rings is 4. The number of aromatic nitrogens is 10. The summed E-state index contributed by atoms with van der Waals surface area (Å²) in [5.74, 6) is 6.29. The van der Waals surface area contributed by atoms with E-state index >= 15 is 0 Å². The molecule has 5 saturated heterocycles. The van der Waals surface area contributed by atoms with E-state index in [1.54, 1.807) is 39.4 Å². The number of fused-ring (bicyclic) bond motifs is 14. The molecule has 4 aromatic carbocycles. The molecule has 7 aliphatic heterocycles. The van der Waals surface area contributed by atoms with Crippen molar-refractivity contribution in [2.45, 2.75) is 270 Å². The third-order valence-corrected chi connectivity index (χ3v) is 28.4. The summed E-state index contributed by atoms with van der Waals surface area (Å²) in [7, 11) is -0.440. The lowest BCUT2D eigenvalue weighted by atomic mass is 9.78. The molecule has 7 fully saturated rings. The number of aryl methyl sites for hydroxylation is 2. The van der Waals surface area contributed by atoms with Crippen molar-refractivity contribution in [2.75, 3.05) is 52.4 Å². The van der Waals surface area contributed by atoms with Gasteiger partial charge in [-0.05, 0) is 312 Å². The molecule has 8 aromatic heterocycles. The van der Waals surface area contributed by atoms with Gasteiger partial charge in [0.05, 0.1) is 61.5 Å². The molecule has 31 heteroatoms. The summed E-state index contributed by atoms with van der Waals surface area (Å²) >= 11 is 16.6. The molecule has 26 nitrogen and oxygen atoms in total. The van der Waals surface area contributed by atoms with Gasteiger partial charge in [-0.15, -0.1) is 0 Å². The van der Waals surface area contributed by atoms with Crippen molar-refractivity contribution in [2.24, 2.45) is 0 Å². The quantitative estimate of drug-likeness (QED) is 0.0950. The summed E-state index contributed by atoms with van der Waals surface area (Å²) in [5.41, 5.74) is 10.8. The minimum absolute atomic E-state index is 0.0230. The fourth-order valence-electron chi connectivity index (χ4n) is 18.8. The third-order valence-electron chi connectivity index (χ3n) is 26.4. The van der Waals surface area contributed by atoms with Crippen LogP contribution in [-0.4, -0.2) is 199 Å². The second-order valence-corrected chi connectivity index (χ2v) is 43.6. The van der Waals surface area contributed by atoms with Crippen LogP contribution in [0.2, 0.25) is 5.02 Å². The summed E-state index contributed by atoms with van der Waals surface area (Å²) in [6.07, 6.45) is 20.4. The first-order valence-electron chi connectivity index (χ1n) is 47.8. The van der Waals surface area contributed by atoms with Gasteiger partial charge in [-0.25, -0.2) is 24.4 Å². The Hall–Kier alpha value is -9.92. The number of pyridine rings is 6. The lowest BCUT2D eigenvalue weighted by Crippen LogP contribution is -2.44. The van der Waals surface area contributed by atoms with Crippen LogP contribution >= 0.6 is 59.4 Å². The van der Waals surface area contributed by atoms with Crippen LogP contribution in [0.3, 0.4) is 0 Å². The van der Waals surface area contributed by atoms with Gasteiger partial charge >= 0.3 is 25.4 Å². The maximum absolute atomic E-state index is 12.3. The Kier molecular flexibility index (Phi) is 30.6. The summed E-state index contributed by atoms with van der Waals surface area (Å²) < 4.78 is 55.7. The topological polar surface area (TPSA) is 280 Å². The number of carbonyl (C=O) groups is 3. The Morgan fingerprint density at radius 2 is 0.853 bits per heavy atom. The van der Waals surface area contributed by atoms with Gasteiger partial charge in [-0.3, -0.25) is 29.9 Å². The Bertz CT molecular complexity index is 6280. The molecule has 718 valence electrons. The van der Waals surface area contributed by atoms with E-state index in [0.29, 0.717) is 76.0 Å². The van der Waals surface area contributed by atoms with E-state index in [0.717, 1.165) is 171 Å². The van der Waals surface area contributed by atoms with Crippen LogP contribution in [0.5, 0.6) is 17.2 Å². The van der Waals surface area contributed by atoms with Crippen LogP contribution in [-0.2, 0) is 23.5 Å². The fraction of sp³-hybridized carbons (Fsp3) is 0.476. The largest absolute Gasteiger partial charge is 0.494 e. The standard InChI is InChI=1S/C28H29N5O.C25H35BN2O5.C19H23BrN2O3.C14H14BrN3.C10H19NO3.C9H5BrClN/c1-17-3-2-4-24(31-17)26-27(33-20-7-5-19(15-20)28(33)32-26)18-6-8-23-22(16-18)25(11-14-30-23)34-21-9-12-29-13-10-21;1-23(2,3)31-22(29)28-14-11-18(12-15-28)30-21-10-13-27-20-9-8-17(16-19(20)21)26-32-24(4,5)25(6,7)33-26;1-19(2,3)25-18(23)22-10-7-14(8-11-22)24-17-6-9-21-16-5-4-13(20)12-15(16)17;1-8-3-2-4-11(16-8)12-13(15)18-10-6-5-9(7-10)14(18)17-12;1-10(2,3)14-9(13)11-6-4-8(12)5-7-11;10-6-1-2-9-7(5-6)8(11)3-4-12-9/h2-4,6,8,11,14,16,19-21,29H,5,7,9-10,12-13,15H2,1H3;8-10,13,16,18H,11-12,14-15H2,1-7H3;4-6,9,12,14H,7-8,10-11H2,1-3H3;2-4,9-10H,5-7H2,1H3;8,12H,4-7H2,1-3H3;1-5H. The molecule has 0 spiro atoms. The van der Waals surface area contributed by atoms with Crippen molar-refractivity contribution < 1.29 is 57.2 Å². The molecular weight excluding hydrogens is 1940 g/mol. The second kappa shape index (κ2) is 42.0. The van der Waals surface area contributed by atoms with Crippen molar-refractivity contribution in [3.63, 3.8) is 0 Å². The number of rotatable bonds is 10. The molecule has 2 N–H and O–H groups in total. The van der Waals surface area contributed by atoms with E-state index in [1.165, 1.54) is 61.4 Å². The van der Waals surface area contributed by atoms with Gasteiger partial charge < -0.3 is 72.0 Å². The average molecular weight is 2060 g/mol. The van der Waals surface area contributed by atoms with E-state index in [2.05, 4.69) is 124 Å². The number of aliphatic hydroxyl groups is 1. The highest BCUT2D eigenvalue weighted by Gasteiger charge is 2.52. The Morgan fingerprint density at radius 1 is 0.456 bits per heavy atom. The van der Waals surface area contributed by atoms with Crippen LogP contribution in [0.1, 0.15) is 227 Å². The summed E-state index contributed by atoms with van der Waals surface area (Å²) in [6, 6.07) is 45.5. The number of nitrogens with one attached hydrogen (secondary N) is 1. The van der Waals surface area contributed by atoms with E-state index in [-0.39, 0.29) is 42.7 Å². The SMILES string of the molecule is CC(C)(C)OC(=O)N1CCC(O)CC1.CC(C)(C)OC(=O)N1CCC(Oc2ccnc3ccc(B4OC(C)(C)C(C)(C)O4)cc23)CC1.CC(C)(C)OC(=O)N1CCC(Oc2ccnc3ccc(Br)cc23)CC1.Cc1cccc(-c2nc3n(c2-c2ccc4nccc(OC5CCNCC5)c4c2)C2CCC3C2)n1.Cc1cccc(-c2nc3n(c2Br)C2CCC3C2)n1.Clc1ccnc2ccc(Br)cc12. The Labute approximate surface area is 827 Å². The van der Waals surface area contributed by atoms with Crippen LogP contribution in [0.25, 0.3) is 77.6 Å². The molecule has 4 unspecified atom stereocenters. The van der Waals surface area contributed by atoms with Crippen molar-refractivity contribution in [3.05, 3.63) is 200 Å². The molecule has 2 aliphatic carbocycles. The van der Waals surface area contributed by atoms with Gasteiger partial charge in [-0.1, -0.05) is 67.7 Å². The minimum atomic E-state index is -0.491. The lowest BCUT2D eigenvalue weighted by molar-refractivity contribution is 0.00578. The maximum Gasteiger partial charge on any atom is 0.494 e. The van der Waals surface area contributed by atoms with Crippen LogP contribution in [0.4, 0.5) is 14.4 Å². The highest BCUT2D eigenvalue weighted by molar-refractivity contribution is 9.11. The highest BCUT2D eigenvalue weighted by atomic mass is 79.9. The third kappa shape index (κ3) is 24.0. The molecule has 9 aliphatic rings. The van der Waals surface area contributed by atoms with Crippen LogP contribution < -0.4 is 25.0 Å². The molecule has 15 heterocycles. The first kappa shape index (κ1) is 99.1. The lowest BCUT2D eigenvalue weighted by Gasteiger charge is -2.33. The monoisotopic (exact) mass is 2060 g/mol. The van der Waals surface area contributed by atoms with Gasteiger partial charge in [0.1, 0.15) is 80.0 Å². The number of hydrogen-bond donors (Lipinski definition) is 2. The number of piperidine rings is 4. The zero-order valence-electron chi connectivity index (χ0n) is 80.5. The van der Waals surface area contributed by atoms with Crippen molar-refractivity contribution in [1.82, 2.24) is 69.0 Å². The molecule has 4 bridgehead atoms. The number of carbonyl (C=O) groups excluding carboxylic acids is 3. The van der Waals surface area contributed by atoms with E-state index in [1.807, 2.05) is 201 Å². The number of likely N-dealkylation sites (tertiary alicyclic amines) is 3.